The van der Waals surface area contributed by atoms with Crippen molar-refractivity contribution in [2.24, 2.45) is 4.99 Å². The zero-order valence-electron chi connectivity index (χ0n) is 19.4. The Morgan fingerprint density at radius 3 is 2.14 bits per heavy atom. The van der Waals surface area contributed by atoms with Crippen LogP contribution in [0.4, 0.5) is 5.69 Å². The molecule has 0 N–H and O–H groups in total. The number of nitrogens with zero attached hydrogens (tertiary/aromatic N) is 2. The highest BCUT2D eigenvalue weighted by molar-refractivity contribution is 6.30. The van der Waals surface area contributed by atoms with Crippen LogP contribution in [-0.4, -0.2) is 17.4 Å². The van der Waals surface area contributed by atoms with Crippen LogP contribution in [-0.2, 0) is 0 Å². The summed E-state index contributed by atoms with van der Waals surface area (Å²) in [6.45, 7) is 2.60. The fourth-order valence-corrected chi connectivity index (χ4v) is 4.29. The highest BCUT2D eigenvalue weighted by Gasteiger charge is 2.18. The van der Waals surface area contributed by atoms with Gasteiger partial charge in [0.05, 0.1) is 23.7 Å². The molecule has 0 atom stereocenters. The average molecular weight is 477 g/mol. The number of hydrogen-bond donors (Lipinski definition) is 0. The Kier molecular flexibility index (Phi) is 6.78. The lowest BCUT2D eigenvalue weighted by Crippen LogP contribution is -2.00. The molecule has 4 aromatic carbocycles. The lowest BCUT2D eigenvalue weighted by atomic mass is 10.1. The Bertz CT molecular complexity index is 1440. The zero-order chi connectivity index (χ0) is 24.0. The van der Waals surface area contributed by atoms with Crippen LogP contribution < -0.4 is 4.74 Å². The van der Waals surface area contributed by atoms with E-state index in [9.17, 15) is 0 Å². The van der Waals surface area contributed by atoms with E-state index in [2.05, 4.69) is 59.2 Å². The predicted molar refractivity (Wildman–Crippen MR) is 147 cm³/mol. The molecule has 5 aromatic rings. The second kappa shape index (κ2) is 10.5. The van der Waals surface area contributed by atoms with Crippen LogP contribution in [0.2, 0.25) is 5.02 Å². The number of benzene rings is 4. The van der Waals surface area contributed by atoms with Crippen LogP contribution in [0.1, 0.15) is 12.5 Å². The molecule has 172 valence electrons. The Labute approximate surface area is 210 Å². The maximum absolute atomic E-state index is 6.23. The van der Waals surface area contributed by atoms with Gasteiger partial charge in [-0.2, -0.15) is 0 Å². The third-order valence-electron chi connectivity index (χ3n) is 5.71. The molecule has 35 heavy (non-hydrogen) atoms. The molecular formula is C31H25ClN2O. The molecule has 0 radical (unpaired) electrons. The molecule has 0 bridgehead atoms. The van der Waals surface area contributed by atoms with Crippen molar-refractivity contribution < 1.29 is 4.74 Å². The third-order valence-corrected chi connectivity index (χ3v) is 5.97. The molecule has 0 saturated carbocycles. The summed E-state index contributed by atoms with van der Waals surface area (Å²) in [5.41, 5.74) is 7.27. The molecule has 0 spiro atoms. The average Bonchev–Trinajstić information content (AvgIpc) is 3.29. The summed E-state index contributed by atoms with van der Waals surface area (Å²) in [6, 6.07) is 38.8. The van der Waals surface area contributed by atoms with Gasteiger partial charge < -0.3 is 9.30 Å². The van der Waals surface area contributed by atoms with Gasteiger partial charge in [0.1, 0.15) is 5.75 Å². The Balaban J connectivity index is 1.72. The number of aliphatic imine (C=N–C) groups is 1. The molecule has 1 aromatic heterocycles. The van der Waals surface area contributed by atoms with Gasteiger partial charge in [0.15, 0.2) is 0 Å². The maximum atomic E-state index is 6.23. The highest BCUT2D eigenvalue weighted by atomic mass is 35.5. The van der Waals surface area contributed by atoms with Crippen molar-refractivity contribution in [1.82, 2.24) is 4.57 Å². The molecule has 0 unspecified atom stereocenters. The number of ether oxygens (including phenoxy) is 1. The van der Waals surface area contributed by atoms with E-state index in [-0.39, 0.29) is 0 Å². The number of rotatable bonds is 7. The van der Waals surface area contributed by atoms with Crippen LogP contribution in [0.25, 0.3) is 28.2 Å². The highest BCUT2D eigenvalue weighted by Crippen LogP contribution is 2.36. The van der Waals surface area contributed by atoms with E-state index in [1.54, 1.807) is 0 Å². The maximum Gasteiger partial charge on any atom is 0.121 e. The Hall–Kier alpha value is -4.08. The van der Waals surface area contributed by atoms with Gasteiger partial charge in [0.25, 0.3) is 0 Å². The lowest BCUT2D eigenvalue weighted by molar-refractivity contribution is 0.340. The van der Waals surface area contributed by atoms with Crippen LogP contribution in [0.5, 0.6) is 5.75 Å². The van der Waals surface area contributed by atoms with E-state index in [0.717, 1.165) is 45.2 Å². The van der Waals surface area contributed by atoms with Crippen LogP contribution in [0, 0.1) is 0 Å². The standard InChI is InChI=1S/C31H25ClN2O/c1-2-35-29-15-9-14-27(21-29)33-22-25-20-30(23-10-5-3-6-11-23)34(28-18-16-26(32)17-19-28)31(25)24-12-7-4-8-13-24/h3-22H,2H2,1H3. The summed E-state index contributed by atoms with van der Waals surface area (Å²) in [5.74, 6) is 0.814. The fourth-order valence-electron chi connectivity index (χ4n) is 4.16. The van der Waals surface area contributed by atoms with E-state index < -0.39 is 0 Å². The molecule has 0 aliphatic rings. The number of halogens is 1. The SMILES string of the molecule is CCOc1cccc(N=Cc2cc(-c3ccccc3)n(-c3ccc(Cl)cc3)c2-c2ccccc2)c1. The van der Waals surface area contributed by atoms with E-state index in [1.807, 2.05) is 73.8 Å². The molecule has 0 aliphatic heterocycles. The summed E-state index contributed by atoms with van der Waals surface area (Å²) in [7, 11) is 0. The topological polar surface area (TPSA) is 26.5 Å². The minimum Gasteiger partial charge on any atom is -0.494 e. The van der Waals surface area contributed by atoms with Crippen molar-refractivity contribution in [3.8, 4) is 34.0 Å². The smallest absolute Gasteiger partial charge is 0.121 e. The van der Waals surface area contributed by atoms with Crippen molar-refractivity contribution in [1.29, 1.82) is 0 Å². The first-order chi connectivity index (χ1) is 17.2. The number of aromatic nitrogens is 1. The summed E-state index contributed by atoms with van der Waals surface area (Å²) in [4.78, 5) is 4.82. The van der Waals surface area contributed by atoms with Crippen LogP contribution >= 0.6 is 11.6 Å². The summed E-state index contributed by atoms with van der Waals surface area (Å²) in [5, 5.41) is 0.708. The van der Waals surface area contributed by atoms with Gasteiger partial charge in [0, 0.05) is 28.6 Å². The lowest BCUT2D eigenvalue weighted by Gasteiger charge is -2.15. The first kappa shape index (κ1) is 22.7. The molecule has 0 fully saturated rings. The molecule has 0 amide bonds. The molecule has 0 saturated heterocycles. The first-order valence-corrected chi connectivity index (χ1v) is 12.0. The largest absolute Gasteiger partial charge is 0.494 e. The van der Waals surface area contributed by atoms with Crippen molar-refractivity contribution in [3.63, 3.8) is 0 Å². The third kappa shape index (κ3) is 5.06. The van der Waals surface area contributed by atoms with Gasteiger partial charge in [-0.05, 0) is 60.5 Å². The first-order valence-electron chi connectivity index (χ1n) is 11.6. The van der Waals surface area contributed by atoms with Gasteiger partial charge in [-0.25, -0.2) is 0 Å². The summed E-state index contributed by atoms with van der Waals surface area (Å²) >= 11 is 6.23. The molecule has 4 heteroatoms. The monoisotopic (exact) mass is 476 g/mol. The minimum atomic E-state index is 0.621. The van der Waals surface area contributed by atoms with Crippen LogP contribution in [0.3, 0.4) is 0 Å². The van der Waals surface area contributed by atoms with Crippen molar-refractivity contribution >= 4 is 23.5 Å². The van der Waals surface area contributed by atoms with Gasteiger partial charge in [-0.15, -0.1) is 0 Å². The van der Waals surface area contributed by atoms with Gasteiger partial charge in [-0.3, -0.25) is 4.99 Å². The summed E-state index contributed by atoms with van der Waals surface area (Å²) in [6.07, 6.45) is 1.94. The van der Waals surface area contributed by atoms with Crippen molar-refractivity contribution in [2.75, 3.05) is 6.61 Å². The van der Waals surface area contributed by atoms with E-state index >= 15 is 0 Å². The van der Waals surface area contributed by atoms with Gasteiger partial charge in [-0.1, -0.05) is 78.3 Å². The molecule has 5 rings (SSSR count). The molecule has 1 heterocycles. The van der Waals surface area contributed by atoms with Crippen molar-refractivity contribution in [2.45, 2.75) is 6.92 Å². The fraction of sp³-hybridized carbons (Fsp3) is 0.0645. The van der Waals surface area contributed by atoms with E-state index in [4.69, 9.17) is 21.3 Å². The zero-order valence-corrected chi connectivity index (χ0v) is 20.2. The van der Waals surface area contributed by atoms with Crippen LogP contribution in [0.15, 0.2) is 120 Å². The Morgan fingerprint density at radius 1 is 0.771 bits per heavy atom. The molecule has 0 aliphatic carbocycles. The predicted octanol–water partition coefficient (Wildman–Crippen LogP) is 8.61. The van der Waals surface area contributed by atoms with Gasteiger partial charge in [0.2, 0.25) is 0 Å². The normalized spacial score (nSPS) is 11.1. The van der Waals surface area contributed by atoms with Crippen molar-refractivity contribution in [3.05, 3.63) is 126 Å². The van der Waals surface area contributed by atoms with Gasteiger partial charge >= 0.3 is 0 Å². The Morgan fingerprint density at radius 2 is 1.46 bits per heavy atom. The second-order valence-electron chi connectivity index (χ2n) is 8.07. The summed E-state index contributed by atoms with van der Waals surface area (Å²) < 4.78 is 7.93. The van der Waals surface area contributed by atoms with E-state index in [0.29, 0.717) is 11.6 Å². The number of hydrogen-bond acceptors (Lipinski definition) is 2. The quantitative estimate of drug-likeness (QED) is 0.216. The molecule has 3 nitrogen and oxygen atoms in total. The van der Waals surface area contributed by atoms with E-state index in [1.165, 1.54) is 0 Å². The minimum absolute atomic E-state index is 0.621. The second-order valence-corrected chi connectivity index (χ2v) is 8.50. The molecular weight excluding hydrogens is 452 g/mol.